The lowest BCUT2D eigenvalue weighted by atomic mass is 10.1. The van der Waals surface area contributed by atoms with Gasteiger partial charge in [-0.15, -0.1) is 0 Å². The van der Waals surface area contributed by atoms with Gasteiger partial charge in [-0.25, -0.2) is 13.4 Å². The van der Waals surface area contributed by atoms with Gasteiger partial charge in [0.15, 0.2) is 0 Å². The molecule has 0 saturated carbocycles. The first kappa shape index (κ1) is 16.7. The second kappa shape index (κ2) is 6.22. The van der Waals surface area contributed by atoms with E-state index in [1.807, 2.05) is 6.07 Å². The first-order valence-corrected chi connectivity index (χ1v) is 9.91. The Morgan fingerprint density at radius 1 is 0.962 bits per heavy atom. The third kappa shape index (κ3) is 2.97. The molecule has 2 heterocycles. The zero-order chi connectivity index (χ0) is 18.3. The van der Waals surface area contributed by atoms with Crippen LogP contribution in [0.1, 0.15) is 0 Å². The Morgan fingerprint density at radius 2 is 1.73 bits per heavy atom. The number of aromatic nitrogens is 2. The fraction of sp³-hybridized carbons (Fsp3) is 0. The normalized spacial score (nSPS) is 11.7. The Morgan fingerprint density at radius 3 is 2.50 bits per heavy atom. The van der Waals surface area contributed by atoms with E-state index < -0.39 is 10.0 Å². The van der Waals surface area contributed by atoms with Crippen LogP contribution in [0.4, 0.5) is 5.69 Å². The van der Waals surface area contributed by atoms with E-state index in [1.54, 1.807) is 42.6 Å². The lowest BCUT2D eigenvalue weighted by Crippen LogP contribution is -2.13. The zero-order valence-electron chi connectivity index (χ0n) is 13.2. The number of anilines is 1. The molecule has 4 aromatic rings. The minimum Gasteiger partial charge on any atom is -0.306 e. The SMILES string of the molecule is O=c1[nH]c2ncccc2c2cc(NS(=O)(=O)c3ccc(Br)cc3)ccc12. The highest BCUT2D eigenvalue weighted by Gasteiger charge is 2.15. The number of halogens is 1. The molecule has 8 heteroatoms. The first-order valence-electron chi connectivity index (χ1n) is 7.63. The monoisotopic (exact) mass is 429 g/mol. The van der Waals surface area contributed by atoms with Crippen molar-refractivity contribution in [1.29, 1.82) is 0 Å². The number of fused-ring (bicyclic) bond motifs is 3. The van der Waals surface area contributed by atoms with Gasteiger partial charge in [0.25, 0.3) is 15.6 Å². The molecule has 0 aliphatic rings. The van der Waals surface area contributed by atoms with Crippen molar-refractivity contribution in [2.45, 2.75) is 4.90 Å². The number of hydrogen-bond donors (Lipinski definition) is 2. The van der Waals surface area contributed by atoms with Gasteiger partial charge < -0.3 is 4.98 Å². The summed E-state index contributed by atoms with van der Waals surface area (Å²) in [6.45, 7) is 0. The molecule has 2 aromatic heterocycles. The molecule has 130 valence electrons. The molecule has 0 amide bonds. The summed E-state index contributed by atoms with van der Waals surface area (Å²) in [4.78, 5) is 19.2. The van der Waals surface area contributed by atoms with Crippen molar-refractivity contribution in [3.63, 3.8) is 0 Å². The predicted molar refractivity (Wildman–Crippen MR) is 105 cm³/mol. The first-order chi connectivity index (χ1) is 12.4. The van der Waals surface area contributed by atoms with E-state index in [-0.39, 0.29) is 10.5 Å². The number of nitrogens with one attached hydrogen (secondary N) is 2. The van der Waals surface area contributed by atoms with Crippen LogP contribution in [0.25, 0.3) is 21.8 Å². The summed E-state index contributed by atoms with van der Waals surface area (Å²) in [5.74, 6) is 0. The summed E-state index contributed by atoms with van der Waals surface area (Å²) in [7, 11) is -3.73. The van der Waals surface area contributed by atoms with Crippen LogP contribution >= 0.6 is 15.9 Å². The van der Waals surface area contributed by atoms with Crippen LogP contribution < -0.4 is 10.3 Å². The van der Waals surface area contributed by atoms with Crippen molar-refractivity contribution >= 4 is 53.4 Å². The van der Waals surface area contributed by atoms with Crippen LogP contribution in [0.5, 0.6) is 0 Å². The van der Waals surface area contributed by atoms with Crippen LogP contribution in [0, 0.1) is 0 Å². The van der Waals surface area contributed by atoms with E-state index in [9.17, 15) is 13.2 Å². The fourth-order valence-corrected chi connectivity index (χ4v) is 4.07. The molecule has 0 spiro atoms. The van der Waals surface area contributed by atoms with Crippen LogP contribution in [-0.2, 0) is 10.0 Å². The third-order valence-corrected chi connectivity index (χ3v) is 5.90. The van der Waals surface area contributed by atoms with Crippen LogP contribution in [0.2, 0.25) is 0 Å². The number of rotatable bonds is 3. The Bertz CT molecular complexity index is 1300. The molecule has 26 heavy (non-hydrogen) atoms. The third-order valence-electron chi connectivity index (χ3n) is 3.97. The highest BCUT2D eigenvalue weighted by Crippen LogP contribution is 2.25. The summed E-state index contributed by atoms with van der Waals surface area (Å²) in [5, 5.41) is 1.84. The topological polar surface area (TPSA) is 91.9 Å². The van der Waals surface area contributed by atoms with E-state index in [0.29, 0.717) is 22.1 Å². The lowest BCUT2D eigenvalue weighted by molar-refractivity contribution is 0.601. The van der Waals surface area contributed by atoms with Crippen molar-refractivity contribution in [2.24, 2.45) is 0 Å². The molecule has 6 nitrogen and oxygen atoms in total. The molecule has 0 radical (unpaired) electrons. The molecule has 0 aliphatic heterocycles. The van der Waals surface area contributed by atoms with Crippen molar-refractivity contribution < 1.29 is 8.42 Å². The van der Waals surface area contributed by atoms with Gasteiger partial charge in [-0.05, 0) is 54.6 Å². The van der Waals surface area contributed by atoms with Gasteiger partial charge in [-0.2, -0.15) is 0 Å². The minimum atomic E-state index is -3.73. The Hall–Kier alpha value is -2.71. The van der Waals surface area contributed by atoms with Gasteiger partial charge in [-0.3, -0.25) is 9.52 Å². The van der Waals surface area contributed by atoms with Gasteiger partial charge >= 0.3 is 0 Å². The smallest absolute Gasteiger partial charge is 0.261 e. The van der Waals surface area contributed by atoms with Gasteiger partial charge in [0.05, 0.1) is 4.90 Å². The average molecular weight is 430 g/mol. The molecule has 0 atom stereocenters. The summed E-state index contributed by atoms with van der Waals surface area (Å²) >= 11 is 3.28. The van der Waals surface area contributed by atoms with Gasteiger partial charge in [-0.1, -0.05) is 15.9 Å². The predicted octanol–water partition coefficient (Wildman–Crippen LogP) is 3.64. The van der Waals surface area contributed by atoms with E-state index in [0.717, 1.165) is 9.86 Å². The zero-order valence-corrected chi connectivity index (χ0v) is 15.6. The molecule has 0 bridgehead atoms. The lowest BCUT2D eigenvalue weighted by Gasteiger charge is -2.10. The van der Waals surface area contributed by atoms with E-state index in [1.165, 1.54) is 12.1 Å². The van der Waals surface area contributed by atoms with Crippen molar-refractivity contribution in [3.05, 3.63) is 75.6 Å². The number of benzene rings is 2. The Balaban J connectivity index is 1.84. The van der Waals surface area contributed by atoms with Crippen LogP contribution in [0.3, 0.4) is 0 Å². The van der Waals surface area contributed by atoms with Gasteiger partial charge in [0, 0.05) is 32.5 Å². The molecule has 0 aliphatic carbocycles. The maximum atomic E-state index is 12.6. The molecule has 0 unspecified atom stereocenters. The second-order valence-electron chi connectivity index (χ2n) is 5.67. The van der Waals surface area contributed by atoms with Crippen molar-refractivity contribution in [2.75, 3.05) is 4.72 Å². The van der Waals surface area contributed by atoms with Crippen molar-refractivity contribution in [1.82, 2.24) is 9.97 Å². The number of pyridine rings is 2. The summed E-state index contributed by atoms with van der Waals surface area (Å²) in [6, 6.07) is 14.7. The van der Waals surface area contributed by atoms with E-state index in [2.05, 4.69) is 30.6 Å². The number of nitrogens with zero attached hydrogens (tertiary/aromatic N) is 1. The van der Waals surface area contributed by atoms with Crippen LogP contribution in [0.15, 0.2) is 75.0 Å². The maximum Gasteiger partial charge on any atom is 0.261 e. The number of hydrogen-bond acceptors (Lipinski definition) is 4. The Kier molecular flexibility index (Phi) is 4.01. The van der Waals surface area contributed by atoms with Gasteiger partial charge in [0.2, 0.25) is 0 Å². The quantitative estimate of drug-likeness (QED) is 0.486. The van der Waals surface area contributed by atoms with E-state index >= 15 is 0 Å². The molecule has 4 rings (SSSR count). The number of aromatic amines is 1. The largest absolute Gasteiger partial charge is 0.306 e. The van der Waals surface area contributed by atoms with E-state index in [4.69, 9.17) is 0 Å². The second-order valence-corrected chi connectivity index (χ2v) is 8.27. The highest BCUT2D eigenvalue weighted by atomic mass is 79.9. The molecule has 0 saturated heterocycles. The molecule has 0 fully saturated rings. The summed E-state index contributed by atoms with van der Waals surface area (Å²) < 4.78 is 28.5. The molecular formula is C18H12BrN3O3S. The fourth-order valence-electron chi connectivity index (χ4n) is 2.75. The number of sulfonamides is 1. The summed E-state index contributed by atoms with van der Waals surface area (Å²) in [6.07, 6.45) is 1.59. The number of H-pyrrole nitrogens is 1. The minimum absolute atomic E-state index is 0.151. The molecular weight excluding hydrogens is 418 g/mol. The van der Waals surface area contributed by atoms with Crippen LogP contribution in [-0.4, -0.2) is 18.4 Å². The maximum absolute atomic E-state index is 12.6. The van der Waals surface area contributed by atoms with Gasteiger partial charge in [0.1, 0.15) is 5.65 Å². The molecule has 2 N–H and O–H groups in total. The standard InChI is InChI=1S/C18H12BrN3O3S/c19-11-3-6-13(7-4-11)26(24,25)22-12-5-8-15-16(10-12)14-2-1-9-20-17(14)21-18(15)23/h1-10,22H,(H,20,21,23). The highest BCUT2D eigenvalue weighted by molar-refractivity contribution is 9.10. The average Bonchev–Trinajstić information content (AvgIpc) is 2.62. The molecule has 2 aromatic carbocycles. The van der Waals surface area contributed by atoms with Crippen molar-refractivity contribution in [3.8, 4) is 0 Å². The summed E-state index contributed by atoms with van der Waals surface area (Å²) in [5.41, 5.74) is 0.558. The Labute approximate surface area is 157 Å².